The van der Waals surface area contributed by atoms with Crippen molar-refractivity contribution >= 4 is 11.9 Å². The molecule has 1 aromatic rings. The fraction of sp³-hybridized carbons (Fsp3) is 0.688. The van der Waals surface area contributed by atoms with E-state index in [9.17, 15) is 4.79 Å². The third-order valence-electron chi connectivity index (χ3n) is 5.02. The Balaban J connectivity index is 1.63. The highest BCUT2D eigenvalue weighted by atomic mass is 16.5. The fourth-order valence-electron chi connectivity index (χ4n) is 3.51. The summed E-state index contributed by atoms with van der Waals surface area (Å²) in [6.07, 6.45) is 7.36. The molecule has 6 heteroatoms. The normalized spacial score (nSPS) is 24.3. The molecule has 6 nitrogen and oxygen atoms in total. The van der Waals surface area contributed by atoms with Crippen LogP contribution in [0.2, 0.25) is 0 Å². The van der Waals surface area contributed by atoms with E-state index in [4.69, 9.17) is 4.74 Å². The summed E-state index contributed by atoms with van der Waals surface area (Å²) in [5.74, 6) is 0.933. The average molecular weight is 304 g/mol. The van der Waals surface area contributed by atoms with Gasteiger partial charge in [0, 0.05) is 52.1 Å². The molecule has 0 aliphatic carbocycles. The number of rotatable bonds is 2. The van der Waals surface area contributed by atoms with E-state index in [1.165, 1.54) is 0 Å². The molecule has 2 saturated heterocycles. The zero-order valence-corrected chi connectivity index (χ0v) is 13.4. The predicted molar refractivity (Wildman–Crippen MR) is 83.6 cm³/mol. The summed E-state index contributed by atoms with van der Waals surface area (Å²) in [4.78, 5) is 24.3. The molecule has 0 saturated carbocycles. The third kappa shape index (κ3) is 3.06. The van der Waals surface area contributed by atoms with Crippen LogP contribution >= 0.6 is 0 Å². The first kappa shape index (κ1) is 15.2. The van der Waals surface area contributed by atoms with Gasteiger partial charge in [0.2, 0.25) is 11.9 Å². The van der Waals surface area contributed by atoms with Crippen LogP contribution in [-0.2, 0) is 9.53 Å². The number of carbonyl (C=O) groups is 1. The maximum atomic E-state index is 11.6. The van der Waals surface area contributed by atoms with E-state index in [0.717, 1.165) is 51.3 Å². The van der Waals surface area contributed by atoms with E-state index in [2.05, 4.69) is 14.9 Å². The minimum atomic E-state index is -0.0854. The first-order valence-corrected chi connectivity index (χ1v) is 7.99. The van der Waals surface area contributed by atoms with Crippen molar-refractivity contribution in [2.24, 2.45) is 0 Å². The smallest absolute Gasteiger partial charge is 0.225 e. The summed E-state index contributed by atoms with van der Waals surface area (Å²) >= 11 is 0. The summed E-state index contributed by atoms with van der Waals surface area (Å²) in [6.45, 7) is 4.18. The van der Waals surface area contributed by atoms with E-state index < -0.39 is 0 Å². The highest BCUT2D eigenvalue weighted by Crippen LogP contribution is 2.37. The lowest BCUT2D eigenvalue weighted by molar-refractivity contribution is -0.141. The van der Waals surface area contributed by atoms with Crippen LogP contribution in [0.4, 0.5) is 5.95 Å². The van der Waals surface area contributed by atoms with Crippen molar-refractivity contribution in [1.29, 1.82) is 0 Å². The molecule has 1 unspecified atom stereocenters. The largest absolute Gasteiger partial charge is 0.375 e. The van der Waals surface area contributed by atoms with Crippen LogP contribution in [0.5, 0.6) is 0 Å². The molecule has 3 rings (SSSR count). The second-order valence-corrected chi connectivity index (χ2v) is 6.34. The Hall–Kier alpha value is -1.69. The maximum absolute atomic E-state index is 11.6. The Morgan fingerprint density at radius 3 is 2.68 bits per heavy atom. The van der Waals surface area contributed by atoms with E-state index in [0.29, 0.717) is 6.04 Å². The number of anilines is 1. The Morgan fingerprint density at radius 1 is 1.36 bits per heavy atom. The van der Waals surface area contributed by atoms with Crippen molar-refractivity contribution in [2.75, 3.05) is 31.6 Å². The molecule has 22 heavy (non-hydrogen) atoms. The molecule has 1 spiro atoms. The van der Waals surface area contributed by atoms with Crippen LogP contribution in [0, 0.1) is 0 Å². The van der Waals surface area contributed by atoms with E-state index in [1.54, 1.807) is 19.3 Å². The van der Waals surface area contributed by atoms with Gasteiger partial charge in [-0.15, -0.1) is 0 Å². The molecule has 0 N–H and O–H groups in total. The van der Waals surface area contributed by atoms with E-state index in [1.807, 2.05) is 18.0 Å². The molecule has 0 aromatic carbocycles. The van der Waals surface area contributed by atoms with Gasteiger partial charge in [-0.3, -0.25) is 4.79 Å². The number of hydrogen-bond donors (Lipinski definition) is 0. The van der Waals surface area contributed by atoms with Crippen molar-refractivity contribution in [3.63, 3.8) is 0 Å². The summed E-state index contributed by atoms with van der Waals surface area (Å²) in [5, 5.41) is 0. The number of hydrogen-bond acceptors (Lipinski definition) is 5. The van der Waals surface area contributed by atoms with Gasteiger partial charge in [-0.25, -0.2) is 9.97 Å². The standard InChI is InChI=1S/C16H24N4O2/c1-13(21)19(2)14-4-11-22-16(12-14)5-9-20(10-6-16)15-17-7-3-8-18-15/h3,7-8,14H,4-6,9-12H2,1-2H3. The summed E-state index contributed by atoms with van der Waals surface area (Å²) < 4.78 is 6.15. The molecule has 0 radical (unpaired) electrons. The lowest BCUT2D eigenvalue weighted by atomic mass is 9.82. The minimum absolute atomic E-state index is 0.0854. The minimum Gasteiger partial charge on any atom is -0.375 e. The molecule has 0 bridgehead atoms. The second kappa shape index (κ2) is 6.20. The first-order valence-electron chi connectivity index (χ1n) is 7.99. The van der Waals surface area contributed by atoms with Crippen LogP contribution < -0.4 is 4.90 Å². The molecule has 3 heterocycles. The number of aromatic nitrogens is 2. The van der Waals surface area contributed by atoms with Crippen molar-refractivity contribution in [2.45, 2.75) is 44.2 Å². The van der Waals surface area contributed by atoms with Crippen molar-refractivity contribution in [1.82, 2.24) is 14.9 Å². The lowest BCUT2D eigenvalue weighted by Gasteiger charge is -2.47. The quantitative estimate of drug-likeness (QED) is 0.828. The molecule has 1 atom stereocenters. The molecule has 2 aliphatic rings. The number of carbonyl (C=O) groups excluding carboxylic acids is 1. The van der Waals surface area contributed by atoms with Gasteiger partial charge in [-0.05, 0) is 31.7 Å². The van der Waals surface area contributed by atoms with Crippen LogP contribution in [-0.4, -0.2) is 59.2 Å². The highest BCUT2D eigenvalue weighted by Gasteiger charge is 2.42. The molecule has 2 aliphatic heterocycles. The fourth-order valence-corrected chi connectivity index (χ4v) is 3.51. The predicted octanol–water partition coefficient (Wildman–Crippen LogP) is 1.47. The van der Waals surface area contributed by atoms with Gasteiger partial charge in [-0.2, -0.15) is 0 Å². The van der Waals surface area contributed by atoms with Gasteiger partial charge >= 0.3 is 0 Å². The zero-order valence-electron chi connectivity index (χ0n) is 13.4. The summed E-state index contributed by atoms with van der Waals surface area (Å²) in [6, 6.07) is 2.13. The molecule has 120 valence electrons. The summed E-state index contributed by atoms with van der Waals surface area (Å²) in [5.41, 5.74) is -0.0854. The van der Waals surface area contributed by atoms with E-state index in [-0.39, 0.29) is 11.5 Å². The maximum Gasteiger partial charge on any atom is 0.225 e. The van der Waals surface area contributed by atoms with Crippen molar-refractivity contribution in [3.05, 3.63) is 18.5 Å². The Bertz CT molecular complexity index is 514. The Morgan fingerprint density at radius 2 is 2.05 bits per heavy atom. The molecule has 2 fully saturated rings. The average Bonchev–Trinajstić information content (AvgIpc) is 2.56. The second-order valence-electron chi connectivity index (χ2n) is 6.34. The number of ether oxygens (including phenoxy) is 1. The van der Waals surface area contributed by atoms with Crippen LogP contribution in [0.1, 0.15) is 32.6 Å². The van der Waals surface area contributed by atoms with E-state index >= 15 is 0 Å². The van der Waals surface area contributed by atoms with Gasteiger partial charge in [0.1, 0.15) is 0 Å². The van der Waals surface area contributed by atoms with Gasteiger partial charge in [0.05, 0.1) is 5.60 Å². The van der Waals surface area contributed by atoms with Gasteiger partial charge in [-0.1, -0.05) is 0 Å². The highest BCUT2D eigenvalue weighted by molar-refractivity contribution is 5.73. The molecular weight excluding hydrogens is 280 g/mol. The number of piperidine rings is 1. The van der Waals surface area contributed by atoms with Crippen molar-refractivity contribution < 1.29 is 9.53 Å². The lowest BCUT2D eigenvalue weighted by Crippen LogP contribution is -2.54. The molecular formula is C16H24N4O2. The Kier molecular flexibility index (Phi) is 4.29. The van der Waals surface area contributed by atoms with Crippen LogP contribution in [0.25, 0.3) is 0 Å². The van der Waals surface area contributed by atoms with Crippen molar-refractivity contribution in [3.8, 4) is 0 Å². The Labute approximate surface area is 131 Å². The monoisotopic (exact) mass is 304 g/mol. The third-order valence-corrected chi connectivity index (χ3v) is 5.02. The van der Waals surface area contributed by atoms with Crippen LogP contribution in [0.3, 0.4) is 0 Å². The van der Waals surface area contributed by atoms with Gasteiger partial charge in [0.15, 0.2) is 0 Å². The van der Waals surface area contributed by atoms with Gasteiger partial charge < -0.3 is 14.5 Å². The molecule has 1 aromatic heterocycles. The van der Waals surface area contributed by atoms with Crippen LogP contribution in [0.15, 0.2) is 18.5 Å². The number of amides is 1. The molecule has 1 amide bonds. The SMILES string of the molecule is CC(=O)N(C)C1CCOC2(CCN(c3ncccn3)CC2)C1. The summed E-state index contributed by atoms with van der Waals surface area (Å²) in [7, 11) is 1.90. The first-order chi connectivity index (χ1) is 10.6. The zero-order chi connectivity index (χ0) is 15.6. The topological polar surface area (TPSA) is 58.6 Å². The van der Waals surface area contributed by atoms with Gasteiger partial charge in [0.25, 0.3) is 0 Å². The number of nitrogens with zero attached hydrogens (tertiary/aromatic N) is 4.